The number of rotatable bonds is 7. The normalized spacial score (nSPS) is 15.5. The molecule has 0 bridgehead atoms. The first-order chi connectivity index (χ1) is 15.5. The number of nitrogens with zero attached hydrogens (tertiary/aromatic N) is 3. The number of fused-ring (bicyclic) bond motifs is 1. The van der Waals surface area contributed by atoms with Gasteiger partial charge in [0.05, 0.1) is 15.9 Å². The average Bonchev–Trinajstić information content (AvgIpc) is 2.96. The molecule has 1 fully saturated rings. The molecule has 1 aromatic heterocycles. The van der Waals surface area contributed by atoms with E-state index >= 15 is 0 Å². The van der Waals surface area contributed by atoms with Crippen molar-refractivity contribution < 1.29 is 13.2 Å². The van der Waals surface area contributed by atoms with Gasteiger partial charge in [0, 0.05) is 31.7 Å². The number of hydrogen-bond acceptors (Lipinski definition) is 4. The molecular formula is C24H30N4O3S. The summed E-state index contributed by atoms with van der Waals surface area (Å²) in [6.07, 6.45) is 4.63. The number of para-hydroxylation sites is 2. The molecule has 2 heterocycles. The van der Waals surface area contributed by atoms with Gasteiger partial charge in [-0.3, -0.25) is 4.79 Å². The van der Waals surface area contributed by atoms with Crippen molar-refractivity contribution in [3.8, 4) is 0 Å². The number of carbonyl (C=O) groups is 1. The number of aromatic nitrogens is 2. The molecule has 2 aromatic carbocycles. The van der Waals surface area contributed by atoms with Gasteiger partial charge in [0.15, 0.2) is 0 Å². The summed E-state index contributed by atoms with van der Waals surface area (Å²) < 4.78 is 29.8. The van der Waals surface area contributed by atoms with Crippen molar-refractivity contribution >= 4 is 27.0 Å². The van der Waals surface area contributed by atoms with E-state index in [4.69, 9.17) is 0 Å². The fourth-order valence-corrected chi connectivity index (χ4v) is 5.81. The van der Waals surface area contributed by atoms with Crippen LogP contribution >= 0.6 is 0 Å². The highest BCUT2D eigenvalue weighted by Gasteiger charge is 2.25. The quantitative estimate of drug-likeness (QED) is 0.552. The van der Waals surface area contributed by atoms with Crippen molar-refractivity contribution in [2.75, 3.05) is 19.6 Å². The first kappa shape index (κ1) is 22.5. The van der Waals surface area contributed by atoms with Crippen molar-refractivity contribution in [1.82, 2.24) is 19.2 Å². The molecule has 0 aliphatic carbocycles. The third-order valence-corrected chi connectivity index (χ3v) is 7.88. The van der Waals surface area contributed by atoms with Gasteiger partial charge in [-0.1, -0.05) is 31.0 Å². The Bertz CT molecular complexity index is 1190. The highest BCUT2D eigenvalue weighted by molar-refractivity contribution is 7.89. The minimum absolute atomic E-state index is 0.188. The van der Waals surface area contributed by atoms with Crippen LogP contribution in [0.2, 0.25) is 0 Å². The molecule has 1 saturated heterocycles. The molecule has 4 rings (SSSR count). The van der Waals surface area contributed by atoms with E-state index in [1.807, 2.05) is 31.2 Å². The summed E-state index contributed by atoms with van der Waals surface area (Å²) in [5, 5.41) is 2.92. The fraction of sp³-hybridized carbons (Fsp3) is 0.417. The Hall–Kier alpha value is -2.71. The summed E-state index contributed by atoms with van der Waals surface area (Å²) in [6.45, 7) is 4.31. The molecule has 3 aromatic rings. The Labute approximate surface area is 189 Å². The van der Waals surface area contributed by atoms with Crippen LogP contribution in [0.4, 0.5) is 0 Å². The van der Waals surface area contributed by atoms with Gasteiger partial charge in [0.25, 0.3) is 5.91 Å². The van der Waals surface area contributed by atoms with Gasteiger partial charge in [-0.05, 0) is 56.5 Å². The second kappa shape index (κ2) is 9.83. The van der Waals surface area contributed by atoms with Crippen LogP contribution in [-0.4, -0.2) is 47.8 Å². The molecule has 1 aliphatic heterocycles. The summed E-state index contributed by atoms with van der Waals surface area (Å²) in [7, 11) is -3.58. The van der Waals surface area contributed by atoms with E-state index in [0.717, 1.165) is 55.5 Å². The summed E-state index contributed by atoms with van der Waals surface area (Å²) in [6, 6.07) is 14.4. The zero-order chi connectivity index (χ0) is 22.6. The standard InChI is InChI=1S/C24H30N4O3S/c1-19-26-22-12-4-5-13-23(22)28(19)17-9-14-25-24(29)20-10-8-11-21(18-20)32(30,31)27-15-6-2-3-7-16-27/h4-5,8,10-13,18H,2-3,6-7,9,14-17H2,1H3,(H,25,29). The van der Waals surface area contributed by atoms with E-state index in [1.54, 1.807) is 22.5 Å². The van der Waals surface area contributed by atoms with Crippen LogP contribution in [0.3, 0.4) is 0 Å². The molecular weight excluding hydrogens is 424 g/mol. The van der Waals surface area contributed by atoms with Gasteiger partial charge in [0.1, 0.15) is 5.82 Å². The van der Waals surface area contributed by atoms with Gasteiger partial charge < -0.3 is 9.88 Å². The lowest BCUT2D eigenvalue weighted by atomic mass is 10.2. The highest BCUT2D eigenvalue weighted by atomic mass is 32.2. The van der Waals surface area contributed by atoms with E-state index in [1.165, 1.54) is 6.07 Å². The maximum Gasteiger partial charge on any atom is 0.251 e. The lowest BCUT2D eigenvalue weighted by molar-refractivity contribution is 0.0952. The van der Waals surface area contributed by atoms with E-state index in [2.05, 4.69) is 14.9 Å². The van der Waals surface area contributed by atoms with Gasteiger partial charge in [-0.2, -0.15) is 4.31 Å². The molecule has 0 atom stereocenters. The van der Waals surface area contributed by atoms with Crippen molar-refractivity contribution in [2.45, 2.75) is 50.5 Å². The third kappa shape index (κ3) is 4.86. The molecule has 1 aliphatic rings. The van der Waals surface area contributed by atoms with Gasteiger partial charge >= 0.3 is 0 Å². The molecule has 8 heteroatoms. The SMILES string of the molecule is Cc1nc2ccccc2n1CCCNC(=O)c1cccc(S(=O)(=O)N2CCCCCC2)c1. The molecule has 0 radical (unpaired) electrons. The minimum Gasteiger partial charge on any atom is -0.352 e. The van der Waals surface area contributed by atoms with Crippen LogP contribution in [0.5, 0.6) is 0 Å². The fourth-order valence-electron chi connectivity index (χ4n) is 4.25. The number of amides is 1. The van der Waals surface area contributed by atoms with Crippen LogP contribution in [-0.2, 0) is 16.6 Å². The molecule has 0 unspecified atom stereocenters. The lowest BCUT2D eigenvalue weighted by Gasteiger charge is -2.20. The molecule has 32 heavy (non-hydrogen) atoms. The predicted octanol–water partition coefficient (Wildman–Crippen LogP) is 3.73. The number of carbonyl (C=O) groups excluding carboxylic acids is 1. The Morgan fingerprint density at radius 3 is 2.56 bits per heavy atom. The Morgan fingerprint density at radius 2 is 1.78 bits per heavy atom. The summed E-state index contributed by atoms with van der Waals surface area (Å²) in [4.78, 5) is 17.4. The summed E-state index contributed by atoms with van der Waals surface area (Å²) in [5.74, 6) is 0.689. The Morgan fingerprint density at radius 1 is 1.03 bits per heavy atom. The van der Waals surface area contributed by atoms with Crippen molar-refractivity contribution in [1.29, 1.82) is 0 Å². The second-order valence-corrected chi connectivity index (χ2v) is 10.2. The number of nitrogens with one attached hydrogen (secondary N) is 1. The second-order valence-electron chi connectivity index (χ2n) is 8.25. The largest absolute Gasteiger partial charge is 0.352 e. The number of sulfonamides is 1. The number of imidazole rings is 1. The molecule has 1 amide bonds. The maximum absolute atomic E-state index is 13.0. The first-order valence-electron chi connectivity index (χ1n) is 11.3. The first-order valence-corrected chi connectivity index (χ1v) is 12.7. The lowest BCUT2D eigenvalue weighted by Crippen LogP contribution is -2.32. The van der Waals surface area contributed by atoms with Crippen LogP contribution in [0, 0.1) is 6.92 Å². The smallest absolute Gasteiger partial charge is 0.251 e. The predicted molar refractivity (Wildman–Crippen MR) is 125 cm³/mol. The topological polar surface area (TPSA) is 84.3 Å². The summed E-state index contributed by atoms with van der Waals surface area (Å²) >= 11 is 0. The van der Waals surface area contributed by atoms with Crippen molar-refractivity contribution in [2.24, 2.45) is 0 Å². The Kier molecular flexibility index (Phi) is 6.91. The number of hydrogen-bond donors (Lipinski definition) is 1. The average molecular weight is 455 g/mol. The van der Waals surface area contributed by atoms with Crippen LogP contribution in [0.15, 0.2) is 53.4 Å². The molecule has 7 nitrogen and oxygen atoms in total. The zero-order valence-corrected chi connectivity index (χ0v) is 19.3. The van der Waals surface area contributed by atoms with Gasteiger partial charge in [-0.25, -0.2) is 13.4 Å². The van der Waals surface area contributed by atoms with Crippen LogP contribution in [0.25, 0.3) is 11.0 Å². The summed E-state index contributed by atoms with van der Waals surface area (Å²) in [5.41, 5.74) is 2.42. The van der Waals surface area contributed by atoms with E-state index < -0.39 is 10.0 Å². The molecule has 170 valence electrons. The van der Waals surface area contributed by atoms with Gasteiger partial charge in [-0.15, -0.1) is 0 Å². The van der Waals surface area contributed by atoms with E-state index in [9.17, 15) is 13.2 Å². The number of aryl methyl sites for hydroxylation is 2. The zero-order valence-electron chi connectivity index (χ0n) is 18.5. The van der Waals surface area contributed by atoms with E-state index in [0.29, 0.717) is 25.2 Å². The molecule has 0 spiro atoms. The van der Waals surface area contributed by atoms with Crippen molar-refractivity contribution in [3.63, 3.8) is 0 Å². The highest BCUT2D eigenvalue weighted by Crippen LogP contribution is 2.21. The third-order valence-electron chi connectivity index (χ3n) is 5.99. The monoisotopic (exact) mass is 454 g/mol. The minimum atomic E-state index is -3.58. The van der Waals surface area contributed by atoms with Crippen LogP contribution < -0.4 is 5.32 Å². The van der Waals surface area contributed by atoms with Crippen LogP contribution in [0.1, 0.15) is 48.3 Å². The molecule has 0 saturated carbocycles. The van der Waals surface area contributed by atoms with E-state index in [-0.39, 0.29) is 10.8 Å². The van der Waals surface area contributed by atoms with Crippen molar-refractivity contribution in [3.05, 3.63) is 59.9 Å². The Balaban J connectivity index is 1.37. The molecule has 1 N–H and O–H groups in total. The van der Waals surface area contributed by atoms with Gasteiger partial charge in [0.2, 0.25) is 10.0 Å². The number of benzene rings is 2. The maximum atomic E-state index is 13.0.